The second kappa shape index (κ2) is 8.67. The summed E-state index contributed by atoms with van der Waals surface area (Å²) >= 11 is 0. The third kappa shape index (κ3) is 6.63. The van der Waals surface area contributed by atoms with Gasteiger partial charge in [-0.05, 0) is 36.0 Å². The van der Waals surface area contributed by atoms with E-state index in [1.165, 1.54) is 5.56 Å². The molecule has 0 bridgehead atoms. The fraction of sp³-hybridized carbons (Fsp3) is 0.588. The largest absolute Gasteiger partial charge is 0.484 e. The predicted molar refractivity (Wildman–Crippen MR) is 84.5 cm³/mol. The van der Waals surface area contributed by atoms with Crippen LogP contribution in [0.4, 0.5) is 0 Å². The highest BCUT2D eigenvalue weighted by molar-refractivity contribution is 5.77. The molecular weight excluding hydrogens is 266 g/mol. The van der Waals surface area contributed by atoms with Crippen molar-refractivity contribution in [2.75, 3.05) is 13.2 Å². The van der Waals surface area contributed by atoms with E-state index in [0.717, 1.165) is 6.42 Å². The Bertz CT molecular complexity index is 443. The molecule has 0 aliphatic carbocycles. The molecule has 4 heteroatoms. The highest BCUT2D eigenvalue weighted by Gasteiger charge is 2.13. The smallest absolute Gasteiger partial charge is 0.258 e. The number of nitrogens with one attached hydrogen (secondary N) is 1. The van der Waals surface area contributed by atoms with Crippen LogP contribution in [0.5, 0.6) is 5.75 Å². The molecule has 1 rings (SSSR count). The molecule has 21 heavy (non-hydrogen) atoms. The van der Waals surface area contributed by atoms with E-state index in [9.17, 15) is 9.90 Å². The maximum absolute atomic E-state index is 11.8. The Balaban J connectivity index is 2.47. The van der Waals surface area contributed by atoms with E-state index < -0.39 is 0 Å². The van der Waals surface area contributed by atoms with Crippen LogP contribution in [0.25, 0.3) is 0 Å². The van der Waals surface area contributed by atoms with Gasteiger partial charge in [-0.1, -0.05) is 39.8 Å². The molecule has 0 radical (unpaired) electrons. The fourth-order valence-corrected chi connectivity index (χ4v) is 2.13. The number of ether oxygens (including phenoxy) is 1. The van der Waals surface area contributed by atoms with Crippen molar-refractivity contribution in [3.8, 4) is 5.75 Å². The lowest BCUT2D eigenvalue weighted by atomic mass is 10.0. The summed E-state index contributed by atoms with van der Waals surface area (Å²) in [6.45, 7) is 8.27. The summed E-state index contributed by atoms with van der Waals surface area (Å²) in [7, 11) is 0. The maximum atomic E-state index is 11.8. The molecule has 1 aromatic rings. The molecule has 1 atom stereocenters. The van der Waals surface area contributed by atoms with Crippen LogP contribution in [0.2, 0.25) is 0 Å². The number of carbonyl (C=O) groups is 1. The minimum Gasteiger partial charge on any atom is -0.484 e. The lowest BCUT2D eigenvalue weighted by molar-refractivity contribution is -0.124. The monoisotopic (exact) mass is 293 g/mol. The zero-order valence-corrected chi connectivity index (χ0v) is 13.4. The highest BCUT2D eigenvalue weighted by Crippen LogP contribution is 2.19. The molecule has 0 aliphatic rings. The van der Waals surface area contributed by atoms with Crippen molar-refractivity contribution in [1.29, 1.82) is 0 Å². The van der Waals surface area contributed by atoms with Gasteiger partial charge in [0.15, 0.2) is 6.61 Å². The number of benzene rings is 1. The van der Waals surface area contributed by atoms with Gasteiger partial charge in [0.2, 0.25) is 0 Å². The number of carbonyl (C=O) groups excluding carboxylic acids is 1. The summed E-state index contributed by atoms with van der Waals surface area (Å²) < 4.78 is 5.52. The Morgan fingerprint density at radius 1 is 1.29 bits per heavy atom. The molecule has 0 aliphatic heterocycles. The van der Waals surface area contributed by atoms with Crippen LogP contribution in [0.15, 0.2) is 24.3 Å². The summed E-state index contributed by atoms with van der Waals surface area (Å²) in [6.07, 6.45) is 0.755. The van der Waals surface area contributed by atoms with Crippen LogP contribution in [0.1, 0.15) is 45.6 Å². The molecule has 0 fully saturated rings. The van der Waals surface area contributed by atoms with Crippen molar-refractivity contribution >= 4 is 5.91 Å². The first-order valence-electron chi connectivity index (χ1n) is 7.55. The SMILES string of the molecule is CC(C)CC(CO)NC(=O)COc1cccc(C(C)C)c1. The van der Waals surface area contributed by atoms with Crippen LogP contribution >= 0.6 is 0 Å². The number of amides is 1. The lowest BCUT2D eigenvalue weighted by Gasteiger charge is -2.18. The van der Waals surface area contributed by atoms with Crippen molar-refractivity contribution in [3.05, 3.63) is 29.8 Å². The molecule has 4 nitrogen and oxygen atoms in total. The summed E-state index contributed by atoms with van der Waals surface area (Å²) in [5, 5.41) is 12.0. The van der Waals surface area contributed by atoms with E-state index in [0.29, 0.717) is 17.6 Å². The van der Waals surface area contributed by atoms with Gasteiger partial charge in [-0.2, -0.15) is 0 Å². The molecular formula is C17H27NO3. The Morgan fingerprint density at radius 2 is 2.00 bits per heavy atom. The number of hydrogen-bond donors (Lipinski definition) is 2. The third-order valence-electron chi connectivity index (χ3n) is 3.24. The molecule has 0 aromatic heterocycles. The molecule has 1 unspecified atom stereocenters. The van der Waals surface area contributed by atoms with Crippen molar-refractivity contribution < 1.29 is 14.6 Å². The minimum absolute atomic E-state index is 0.0316. The van der Waals surface area contributed by atoms with Crippen LogP contribution in [-0.4, -0.2) is 30.3 Å². The normalized spacial score (nSPS) is 12.5. The predicted octanol–water partition coefficient (Wildman–Crippen LogP) is 2.71. The van der Waals surface area contributed by atoms with Gasteiger partial charge in [0.1, 0.15) is 5.75 Å². The second-order valence-electron chi connectivity index (χ2n) is 6.09. The molecule has 0 heterocycles. The highest BCUT2D eigenvalue weighted by atomic mass is 16.5. The molecule has 2 N–H and O–H groups in total. The topological polar surface area (TPSA) is 58.6 Å². The van der Waals surface area contributed by atoms with Gasteiger partial charge >= 0.3 is 0 Å². The Kier molecular flexibility index (Phi) is 7.23. The zero-order chi connectivity index (χ0) is 15.8. The minimum atomic E-state index is -0.205. The van der Waals surface area contributed by atoms with Crippen molar-refractivity contribution in [3.63, 3.8) is 0 Å². The lowest BCUT2D eigenvalue weighted by Crippen LogP contribution is -2.40. The molecule has 0 saturated carbocycles. The van der Waals surface area contributed by atoms with Gasteiger partial charge < -0.3 is 15.2 Å². The standard InChI is InChI=1S/C17H27NO3/c1-12(2)8-15(10-19)18-17(20)11-21-16-7-5-6-14(9-16)13(3)4/h5-7,9,12-13,15,19H,8,10-11H2,1-4H3,(H,18,20). The average molecular weight is 293 g/mol. The maximum Gasteiger partial charge on any atom is 0.258 e. The molecule has 118 valence electrons. The van der Waals surface area contributed by atoms with Gasteiger partial charge in [0.25, 0.3) is 5.91 Å². The van der Waals surface area contributed by atoms with E-state index >= 15 is 0 Å². The van der Waals surface area contributed by atoms with E-state index in [2.05, 4.69) is 33.0 Å². The Morgan fingerprint density at radius 3 is 2.57 bits per heavy atom. The van der Waals surface area contributed by atoms with Gasteiger partial charge in [0.05, 0.1) is 12.6 Å². The van der Waals surface area contributed by atoms with Crippen LogP contribution < -0.4 is 10.1 Å². The Labute approximate surface area is 127 Å². The quantitative estimate of drug-likeness (QED) is 0.775. The van der Waals surface area contributed by atoms with E-state index in [4.69, 9.17) is 4.74 Å². The number of aliphatic hydroxyl groups is 1. The van der Waals surface area contributed by atoms with Gasteiger partial charge in [0, 0.05) is 0 Å². The van der Waals surface area contributed by atoms with Crippen LogP contribution in [0.3, 0.4) is 0 Å². The van der Waals surface area contributed by atoms with E-state index in [1.54, 1.807) is 0 Å². The number of rotatable bonds is 8. The van der Waals surface area contributed by atoms with Crippen molar-refractivity contribution in [1.82, 2.24) is 5.32 Å². The molecule has 0 spiro atoms. The second-order valence-corrected chi connectivity index (χ2v) is 6.09. The summed E-state index contributed by atoms with van der Waals surface area (Å²) in [6, 6.07) is 7.56. The van der Waals surface area contributed by atoms with Crippen LogP contribution in [0, 0.1) is 5.92 Å². The summed E-state index contributed by atoms with van der Waals surface area (Å²) in [4.78, 5) is 11.8. The summed E-state index contributed by atoms with van der Waals surface area (Å²) in [5.41, 5.74) is 1.18. The van der Waals surface area contributed by atoms with E-state index in [1.807, 2.05) is 24.3 Å². The third-order valence-corrected chi connectivity index (χ3v) is 3.24. The fourth-order valence-electron chi connectivity index (χ4n) is 2.13. The Hall–Kier alpha value is -1.55. The van der Waals surface area contributed by atoms with Gasteiger partial charge in [-0.3, -0.25) is 4.79 Å². The molecule has 1 amide bonds. The van der Waals surface area contributed by atoms with Gasteiger partial charge in [-0.25, -0.2) is 0 Å². The first kappa shape index (κ1) is 17.5. The average Bonchev–Trinajstić information content (AvgIpc) is 2.44. The van der Waals surface area contributed by atoms with Crippen molar-refractivity contribution in [2.24, 2.45) is 5.92 Å². The first-order chi connectivity index (χ1) is 9.92. The zero-order valence-electron chi connectivity index (χ0n) is 13.4. The van der Waals surface area contributed by atoms with Crippen molar-refractivity contribution in [2.45, 2.75) is 46.1 Å². The number of hydrogen-bond acceptors (Lipinski definition) is 3. The number of aliphatic hydroxyl groups excluding tert-OH is 1. The van der Waals surface area contributed by atoms with E-state index in [-0.39, 0.29) is 25.2 Å². The first-order valence-corrected chi connectivity index (χ1v) is 7.55. The summed E-state index contributed by atoms with van der Waals surface area (Å²) in [5.74, 6) is 1.34. The van der Waals surface area contributed by atoms with Crippen LogP contribution in [-0.2, 0) is 4.79 Å². The molecule has 1 aromatic carbocycles. The van der Waals surface area contributed by atoms with Gasteiger partial charge in [-0.15, -0.1) is 0 Å². The molecule has 0 saturated heterocycles.